The largest absolute Gasteiger partial charge is 0.352 e. The van der Waals surface area contributed by atoms with E-state index in [9.17, 15) is 9.18 Å². The molecule has 3 rings (SSSR count). The highest BCUT2D eigenvalue weighted by Crippen LogP contribution is 2.34. The summed E-state index contributed by atoms with van der Waals surface area (Å²) in [7, 11) is 0. The summed E-state index contributed by atoms with van der Waals surface area (Å²) >= 11 is 0. The van der Waals surface area contributed by atoms with Crippen molar-refractivity contribution in [2.75, 3.05) is 6.54 Å². The fourth-order valence-corrected chi connectivity index (χ4v) is 3.36. The zero-order valence-electron chi connectivity index (χ0n) is 14.0. The number of pyridine rings is 1. The van der Waals surface area contributed by atoms with Gasteiger partial charge in [0.05, 0.1) is 0 Å². The Morgan fingerprint density at radius 3 is 2.62 bits per heavy atom. The van der Waals surface area contributed by atoms with Crippen LogP contribution in [0.5, 0.6) is 0 Å². The lowest BCUT2D eigenvalue weighted by Gasteiger charge is -2.17. The molecule has 2 heterocycles. The maximum atomic E-state index is 14.3. The Hall–Kier alpha value is -2.49. The number of nitrogens with zero attached hydrogens (tertiary/aromatic N) is 1. The summed E-state index contributed by atoms with van der Waals surface area (Å²) in [6.45, 7) is 4.50. The third-order valence-corrected chi connectivity index (χ3v) is 4.58. The van der Waals surface area contributed by atoms with Crippen molar-refractivity contribution in [1.82, 2.24) is 10.3 Å². The fraction of sp³-hybridized carbons (Fsp3) is 0.300. The molecule has 0 fully saturated rings. The Kier molecular flexibility index (Phi) is 4.74. The first kappa shape index (κ1) is 16.4. The molecule has 3 nitrogen and oxygen atoms in total. The highest BCUT2D eigenvalue weighted by atomic mass is 19.1. The minimum atomic E-state index is -0.282. The zero-order chi connectivity index (χ0) is 17.1. The number of carbonyl (C=O) groups is 1. The van der Waals surface area contributed by atoms with Gasteiger partial charge in [-0.2, -0.15) is 0 Å². The molecule has 24 heavy (non-hydrogen) atoms. The van der Waals surface area contributed by atoms with Gasteiger partial charge < -0.3 is 5.32 Å². The van der Waals surface area contributed by atoms with Crippen LogP contribution in [-0.2, 0) is 11.2 Å². The molecule has 0 bridgehead atoms. The van der Waals surface area contributed by atoms with Gasteiger partial charge in [-0.25, -0.2) is 4.39 Å². The summed E-state index contributed by atoms with van der Waals surface area (Å²) in [6, 6.07) is 6.93. The smallest absolute Gasteiger partial charge is 0.247 e. The van der Waals surface area contributed by atoms with Crippen molar-refractivity contribution in [2.45, 2.75) is 33.1 Å². The van der Waals surface area contributed by atoms with Gasteiger partial charge in [-0.15, -0.1) is 0 Å². The van der Waals surface area contributed by atoms with Crippen molar-refractivity contribution in [3.05, 3.63) is 59.2 Å². The molecule has 0 saturated carbocycles. The standard InChI is InChI=1S/C20H21FN2O/c1-3-16-13(2)18-11-15(21)12-19(14-6-9-22-10-7-14)17(18)5-4-8-23-20(16)24/h6-7,9-12H,3-5,8H2,1-2H3,(H,23,24). The van der Waals surface area contributed by atoms with Crippen LogP contribution in [0.4, 0.5) is 4.39 Å². The Balaban J connectivity index is 2.28. The molecule has 1 aromatic heterocycles. The zero-order valence-corrected chi connectivity index (χ0v) is 14.0. The van der Waals surface area contributed by atoms with E-state index in [0.717, 1.165) is 46.2 Å². The number of carbonyl (C=O) groups excluding carboxylic acids is 1. The highest BCUT2D eigenvalue weighted by molar-refractivity contribution is 6.01. The molecule has 124 valence electrons. The number of nitrogens with one attached hydrogen (secondary N) is 1. The second-order valence-electron chi connectivity index (χ2n) is 6.03. The number of benzene rings is 1. The quantitative estimate of drug-likeness (QED) is 0.902. The number of allylic oxidation sites excluding steroid dienone is 1. The van der Waals surface area contributed by atoms with Crippen LogP contribution in [0.1, 0.15) is 37.8 Å². The third-order valence-electron chi connectivity index (χ3n) is 4.58. The predicted molar refractivity (Wildman–Crippen MR) is 93.8 cm³/mol. The fourth-order valence-electron chi connectivity index (χ4n) is 3.36. The van der Waals surface area contributed by atoms with Crippen molar-refractivity contribution in [1.29, 1.82) is 0 Å². The molecular formula is C20H21FN2O. The number of halogens is 1. The van der Waals surface area contributed by atoms with Gasteiger partial charge >= 0.3 is 0 Å². The first-order valence-corrected chi connectivity index (χ1v) is 8.33. The van der Waals surface area contributed by atoms with E-state index < -0.39 is 0 Å². The second-order valence-corrected chi connectivity index (χ2v) is 6.03. The Morgan fingerprint density at radius 2 is 1.92 bits per heavy atom. The predicted octanol–water partition coefficient (Wildman–Crippen LogP) is 4.13. The summed E-state index contributed by atoms with van der Waals surface area (Å²) in [4.78, 5) is 16.4. The maximum absolute atomic E-state index is 14.3. The van der Waals surface area contributed by atoms with Gasteiger partial charge in [-0.05, 0) is 78.3 Å². The number of aromatic nitrogens is 1. The molecule has 0 saturated heterocycles. The molecule has 0 radical (unpaired) electrons. The van der Waals surface area contributed by atoms with Crippen LogP contribution in [0.3, 0.4) is 0 Å². The van der Waals surface area contributed by atoms with E-state index in [1.165, 1.54) is 0 Å². The van der Waals surface area contributed by atoms with Gasteiger partial charge in [0.15, 0.2) is 0 Å². The van der Waals surface area contributed by atoms with Crippen LogP contribution in [0, 0.1) is 5.82 Å². The first-order valence-electron chi connectivity index (χ1n) is 8.33. The molecule has 0 unspecified atom stereocenters. The molecule has 1 aliphatic heterocycles. The van der Waals surface area contributed by atoms with Crippen LogP contribution in [0.15, 0.2) is 42.2 Å². The van der Waals surface area contributed by atoms with Crippen molar-refractivity contribution in [3.63, 3.8) is 0 Å². The van der Waals surface area contributed by atoms with E-state index >= 15 is 0 Å². The van der Waals surface area contributed by atoms with E-state index in [-0.39, 0.29) is 11.7 Å². The SMILES string of the molecule is CCC1=C(C)c2cc(F)cc(-c3ccncc3)c2CCCNC1=O. The maximum Gasteiger partial charge on any atom is 0.247 e. The van der Waals surface area contributed by atoms with Crippen LogP contribution in [0.25, 0.3) is 16.7 Å². The summed E-state index contributed by atoms with van der Waals surface area (Å²) in [5, 5.41) is 2.96. The highest BCUT2D eigenvalue weighted by Gasteiger charge is 2.20. The lowest BCUT2D eigenvalue weighted by molar-refractivity contribution is -0.117. The van der Waals surface area contributed by atoms with Crippen molar-refractivity contribution in [2.24, 2.45) is 0 Å². The summed E-state index contributed by atoms with van der Waals surface area (Å²) in [6.07, 6.45) is 5.67. The molecule has 2 aromatic rings. The topological polar surface area (TPSA) is 42.0 Å². The van der Waals surface area contributed by atoms with Crippen molar-refractivity contribution in [3.8, 4) is 11.1 Å². The van der Waals surface area contributed by atoms with E-state index in [1.54, 1.807) is 24.5 Å². The molecule has 1 amide bonds. The van der Waals surface area contributed by atoms with Crippen LogP contribution in [0.2, 0.25) is 0 Å². The monoisotopic (exact) mass is 324 g/mol. The normalized spacial score (nSPS) is 15.2. The lowest BCUT2D eigenvalue weighted by Crippen LogP contribution is -2.26. The van der Waals surface area contributed by atoms with Gasteiger partial charge in [0.2, 0.25) is 5.91 Å². The Labute approximate surface area is 141 Å². The van der Waals surface area contributed by atoms with Gasteiger partial charge in [0.25, 0.3) is 0 Å². The average molecular weight is 324 g/mol. The molecule has 1 N–H and O–H groups in total. The Morgan fingerprint density at radius 1 is 1.21 bits per heavy atom. The average Bonchev–Trinajstić information content (AvgIpc) is 2.65. The van der Waals surface area contributed by atoms with Crippen molar-refractivity contribution >= 4 is 11.5 Å². The van der Waals surface area contributed by atoms with Gasteiger partial charge in [0.1, 0.15) is 5.82 Å². The third kappa shape index (κ3) is 3.09. The van der Waals surface area contributed by atoms with Crippen LogP contribution >= 0.6 is 0 Å². The van der Waals surface area contributed by atoms with E-state index in [4.69, 9.17) is 0 Å². The second kappa shape index (κ2) is 6.95. The number of hydrogen-bond acceptors (Lipinski definition) is 2. The molecule has 0 spiro atoms. The lowest BCUT2D eigenvalue weighted by atomic mass is 9.88. The number of amides is 1. The summed E-state index contributed by atoms with van der Waals surface area (Å²) in [5.74, 6) is -0.326. The van der Waals surface area contributed by atoms with Crippen molar-refractivity contribution < 1.29 is 9.18 Å². The first-order chi connectivity index (χ1) is 11.6. The number of fused-ring (bicyclic) bond motifs is 1. The van der Waals surface area contributed by atoms with E-state index in [1.807, 2.05) is 26.0 Å². The minimum Gasteiger partial charge on any atom is -0.352 e. The molecule has 0 aliphatic carbocycles. The van der Waals surface area contributed by atoms with E-state index in [0.29, 0.717) is 13.0 Å². The molecule has 1 aliphatic rings. The summed E-state index contributed by atoms with van der Waals surface area (Å²) < 4.78 is 14.3. The number of rotatable bonds is 2. The van der Waals surface area contributed by atoms with Crippen LogP contribution in [-0.4, -0.2) is 17.4 Å². The van der Waals surface area contributed by atoms with Crippen LogP contribution < -0.4 is 5.32 Å². The number of hydrogen-bond donors (Lipinski definition) is 1. The molecule has 0 atom stereocenters. The molecular weight excluding hydrogens is 303 g/mol. The van der Waals surface area contributed by atoms with Gasteiger partial charge in [-0.1, -0.05) is 6.92 Å². The van der Waals surface area contributed by atoms with E-state index in [2.05, 4.69) is 10.3 Å². The van der Waals surface area contributed by atoms with Gasteiger partial charge in [0, 0.05) is 24.5 Å². The molecule has 1 aromatic carbocycles. The minimum absolute atomic E-state index is 0.0439. The van der Waals surface area contributed by atoms with Gasteiger partial charge in [-0.3, -0.25) is 9.78 Å². The molecule has 4 heteroatoms. The Bertz CT molecular complexity index is 797. The summed E-state index contributed by atoms with van der Waals surface area (Å²) in [5.41, 5.74) is 5.37.